The minimum absolute atomic E-state index is 0.122. The summed E-state index contributed by atoms with van der Waals surface area (Å²) < 4.78 is 4.98. The van der Waals surface area contributed by atoms with Crippen LogP contribution in [0.4, 0.5) is 0 Å². The van der Waals surface area contributed by atoms with Crippen molar-refractivity contribution in [3.05, 3.63) is 217 Å². The van der Waals surface area contributed by atoms with Crippen LogP contribution in [0.25, 0.3) is 99.5 Å². The summed E-state index contributed by atoms with van der Waals surface area (Å²) in [6, 6.07) is 76.3. The first-order chi connectivity index (χ1) is 29.0. The molecule has 2 heterocycles. The highest BCUT2D eigenvalue weighted by molar-refractivity contribution is 6.12. The molecule has 0 amide bonds. The Balaban J connectivity index is 1.19. The van der Waals surface area contributed by atoms with E-state index in [0.29, 0.717) is 0 Å². The number of hydrogen-bond acceptors (Lipinski definition) is 0. The van der Waals surface area contributed by atoms with Crippen molar-refractivity contribution in [2.45, 2.75) is 19.3 Å². The predicted octanol–water partition coefficient (Wildman–Crippen LogP) is 15.2. The van der Waals surface area contributed by atoms with Gasteiger partial charge in [0.05, 0.1) is 22.1 Å². The maximum atomic E-state index is 2.52. The number of aromatic nitrogens is 2. The molecule has 0 bridgehead atoms. The fraction of sp³-hybridized carbons (Fsp3) is 0.0526. The van der Waals surface area contributed by atoms with Gasteiger partial charge in [-0.3, -0.25) is 0 Å². The Morgan fingerprint density at radius 3 is 1.27 bits per heavy atom. The van der Waals surface area contributed by atoms with Gasteiger partial charge in [0.1, 0.15) is 0 Å². The van der Waals surface area contributed by atoms with Crippen LogP contribution in [-0.4, -0.2) is 9.13 Å². The van der Waals surface area contributed by atoms with E-state index in [1.54, 1.807) is 0 Å². The quantitative estimate of drug-likeness (QED) is 0.166. The Morgan fingerprint density at radius 2 is 0.712 bits per heavy atom. The van der Waals surface area contributed by atoms with E-state index in [9.17, 15) is 0 Å². The molecule has 0 aliphatic heterocycles. The molecule has 0 atom stereocenters. The Hall–Kier alpha value is -7.42. The SMILES string of the molecule is CC1(C)c2ccccc2-c2cc3c4ccccc4n(-c4cc(-c5cc(-c6ccccc6)cc(-c6ccccc6)c5)cc(-n5c6ccccc6c6ccccc65)c4)c3cc21. The Labute approximate surface area is 343 Å². The molecular formula is C57H40N2. The van der Waals surface area contributed by atoms with Gasteiger partial charge in [0.2, 0.25) is 0 Å². The lowest BCUT2D eigenvalue weighted by molar-refractivity contribution is 0.661. The van der Waals surface area contributed by atoms with E-state index >= 15 is 0 Å². The molecule has 278 valence electrons. The summed E-state index contributed by atoms with van der Waals surface area (Å²) in [4.78, 5) is 0. The lowest BCUT2D eigenvalue weighted by atomic mass is 9.82. The third-order valence-corrected chi connectivity index (χ3v) is 12.9. The number of rotatable bonds is 5. The number of hydrogen-bond donors (Lipinski definition) is 0. The van der Waals surface area contributed by atoms with Gasteiger partial charge < -0.3 is 9.13 Å². The van der Waals surface area contributed by atoms with Crippen LogP contribution in [0.3, 0.4) is 0 Å². The van der Waals surface area contributed by atoms with E-state index in [2.05, 4.69) is 229 Å². The molecule has 2 nitrogen and oxygen atoms in total. The van der Waals surface area contributed by atoms with Gasteiger partial charge in [-0.25, -0.2) is 0 Å². The number of benzene rings is 9. The van der Waals surface area contributed by atoms with E-state index in [1.807, 2.05) is 0 Å². The van der Waals surface area contributed by atoms with Gasteiger partial charge in [0.25, 0.3) is 0 Å². The van der Waals surface area contributed by atoms with Crippen LogP contribution in [0, 0.1) is 0 Å². The summed E-state index contributed by atoms with van der Waals surface area (Å²) in [7, 11) is 0. The maximum Gasteiger partial charge on any atom is 0.0544 e. The van der Waals surface area contributed by atoms with Crippen LogP contribution in [0.15, 0.2) is 206 Å². The summed E-state index contributed by atoms with van der Waals surface area (Å²) in [5.41, 5.74) is 19.5. The predicted molar refractivity (Wildman–Crippen MR) is 249 cm³/mol. The molecular weight excluding hydrogens is 713 g/mol. The van der Waals surface area contributed by atoms with Crippen LogP contribution in [-0.2, 0) is 5.41 Å². The summed E-state index contributed by atoms with van der Waals surface area (Å²) >= 11 is 0. The van der Waals surface area contributed by atoms with Crippen molar-refractivity contribution in [1.29, 1.82) is 0 Å². The monoisotopic (exact) mass is 752 g/mol. The molecule has 0 unspecified atom stereocenters. The van der Waals surface area contributed by atoms with Crippen molar-refractivity contribution < 1.29 is 0 Å². The summed E-state index contributed by atoms with van der Waals surface area (Å²) in [6.07, 6.45) is 0. The van der Waals surface area contributed by atoms with E-state index in [1.165, 1.54) is 93.7 Å². The molecule has 11 aromatic rings. The number of fused-ring (bicyclic) bond motifs is 9. The molecule has 2 heteroatoms. The largest absolute Gasteiger partial charge is 0.309 e. The second-order valence-corrected chi connectivity index (χ2v) is 16.6. The van der Waals surface area contributed by atoms with Crippen molar-refractivity contribution in [3.63, 3.8) is 0 Å². The van der Waals surface area contributed by atoms with Gasteiger partial charge in [0, 0.05) is 38.3 Å². The molecule has 0 spiro atoms. The highest BCUT2D eigenvalue weighted by Crippen LogP contribution is 2.51. The highest BCUT2D eigenvalue weighted by Gasteiger charge is 2.36. The molecule has 12 rings (SSSR count). The fourth-order valence-electron chi connectivity index (χ4n) is 10.1. The van der Waals surface area contributed by atoms with E-state index in [4.69, 9.17) is 0 Å². The third kappa shape index (κ3) is 5.13. The number of para-hydroxylation sites is 3. The Bertz CT molecular complexity index is 3340. The van der Waals surface area contributed by atoms with Crippen LogP contribution in [0.5, 0.6) is 0 Å². The van der Waals surface area contributed by atoms with Crippen molar-refractivity contribution in [3.8, 4) is 55.9 Å². The zero-order valence-electron chi connectivity index (χ0n) is 33.0. The van der Waals surface area contributed by atoms with Crippen LogP contribution >= 0.6 is 0 Å². The summed E-state index contributed by atoms with van der Waals surface area (Å²) in [6.45, 7) is 4.75. The topological polar surface area (TPSA) is 9.86 Å². The maximum absolute atomic E-state index is 2.52. The molecule has 1 aliphatic carbocycles. The molecule has 0 fully saturated rings. The van der Waals surface area contributed by atoms with Gasteiger partial charge in [-0.15, -0.1) is 0 Å². The van der Waals surface area contributed by atoms with Gasteiger partial charge in [-0.1, -0.05) is 153 Å². The van der Waals surface area contributed by atoms with Crippen LogP contribution in [0.2, 0.25) is 0 Å². The van der Waals surface area contributed by atoms with E-state index in [0.717, 1.165) is 16.9 Å². The fourth-order valence-corrected chi connectivity index (χ4v) is 10.1. The average Bonchev–Trinajstić information content (AvgIpc) is 3.89. The standard InChI is InChI=1S/C57H40N2/c1-57(2)51-25-13-9-21-45(51)49-35-50-48-24-12-16-28-55(48)59(56(50)36-52(49)57)44-33-42(32-43(34-44)58-53-26-14-10-22-46(53)47-23-11-15-27-54(47)58)41-30-39(37-17-5-3-6-18-37)29-40(31-41)38-19-7-4-8-20-38/h3-36H,1-2H3. The zero-order valence-corrected chi connectivity index (χ0v) is 33.0. The number of nitrogens with zero attached hydrogens (tertiary/aromatic N) is 2. The molecule has 0 saturated heterocycles. The van der Waals surface area contributed by atoms with Crippen LogP contribution < -0.4 is 0 Å². The Morgan fingerprint density at radius 1 is 0.288 bits per heavy atom. The zero-order chi connectivity index (χ0) is 39.2. The smallest absolute Gasteiger partial charge is 0.0544 e. The molecule has 0 saturated carbocycles. The van der Waals surface area contributed by atoms with Crippen molar-refractivity contribution in [2.75, 3.05) is 0 Å². The molecule has 1 aliphatic rings. The van der Waals surface area contributed by atoms with E-state index in [-0.39, 0.29) is 5.41 Å². The van der Waals surface area contributed by atoms with Gasteiger partial charge in [0.15, 0.2) is 0 Å². The van der Waals surface area contributed by atoms with Crippen molar-refractivity contribution >= 4 is 43.6 Å². The molecule has 59 heavy (non-hydrogen) atoms. The Kier molecular flexibility index (Phi) is 7.31. The molecule has 9 aromatic carbocycles. The van der Waals surface area contributed by atoms with Gasteiger partial charge in [-0.05, 0) is 122 Å². The first-order valence-electron chi connectivity index (χ1n) is 20.6. The molecule has 0 N–H and O–H groups in total. The average molecular weight is 753 g/mol. The molecule has 0 radical (unpaired) electrons. The first kappa shape index (κ1) is 33.7. The third-order valence-electron chi connectivity index (χ3n) is 12.9. The summed E-state index contributed by atoms with van der Waals surface area (Å²) in [5.74, 6) is 0. The first-order valence-corrected chi connectivity index (χ1v) is 20.6. The normalized spacial score (nSPS) is 13.1. The van der Waals surface area contributed by atoms with E-state index < -0.39 is 0 Å². The second-order valence-electron chi connectivity index (χ2n) is 16.6. The minimum atomic E-state index is -0.122. The summed E-state index contributed by atoms with van der Waals surface area (Å²) in [5, 5.41) is 5.03. The van der Waals surface area contributed by atoms with Crippen molar-refractivity contribution in [1.82, 2.24) is 9.13 Å². The van der Waals surface area contributed by atoms with Crippen LogP contribution in [0.1, 0.15) is 25.0 Å². The van der Waals surface area contributed by atoms with Gasteiger partial charge >= 0.3 is 0 Å². The highest BCUT2D eigenvalue weighted by atomic mass is 15.0. The van der Waals surface area contributed by atoms with Crippen molar-refractivity contribution in [2.24, 2.45) is 0 Å². The lowest BCUT2D eigenvalue weighted by Gasteiger charge is -2.22. The van der Waals surface area contributed by atoms with Gasteiger partial charge in [-0.2, -0.15) is 0 Å². The second kappa shape index (κ2) is 12.8. The minimum Gasteiger partial charge on any atom is -0.309 e. The lowest BCUT2D eigenvalue weighted by Crippen LogP contribution is -2.15. The molecule has 2 aromatic heterocycles.